The normalized spacial score (nSPS) is 11.1. The van der Waals surface area contributed by atoms with E-state index >= 15 is 0 Å². The van der Waals surface area contributed by atoms with E-state index in [1.807, 2.05) is 0 Å². The Morgan fingerprint density at radius 2 is 1.54 bits per heavy atom. The number of nitrogens with zero attached hydrogens (tertiary/aromatic N) is 1. The minimum atomic E-state index is -0.853. The maximum Gasteiger partial charge on any atom is 0.329 e. The second-order valence-corrected chi connectivity index (χ2v) is 5.86. The third-order valence-corrected chi connectivity index (χ3v) is 2.76. The zero-order valence-corrected chi connectivity index (χ0v) is 14.7. The minimum absolute atomic E-state index is 0.450. The van der Waals surface area contributed by atoms with E-state index in [-0.39, 0.29) is 0 Å². The molecular formula is C16H23N3O5. The Balaban J connectivity index is 2.84. The summed E-state index contributed by atoms with van der Waals surface area (Å²) in [4.78, 5) is 23.3. The Morgan fingerprint density at radius 3 is 1.96 bits per heavy atom. The molecule has 1 aromatic carbocycles. The van der Waals surface area contributed by atoms with Crippen LogP contribution in [0.15, 0.2) is 17.2 Å². The summed E-state index contributed by atoms with van der Waals surface area (Å²) in [6.07, 6.45) is 1.37. The van der Waals surface area contributed by atoms with Gasteiger partial charge in [0.15, 0.2) is 11.5 Å². The van der Waals surface area contributed by atoms with Crippen LogP contribution in [0.1, 0.15) is 26.3 Å². The van der Waals surface area contributed by atoms with Gasteiger partial charge in [0.1, 0.15) is 0 Å². The zero-order chi connectivity index (χ0) is 18.3. The molecule has 0 bridgehead atoms. The number of ether oxygens (including phenoxy) is 3. The topological polar surface area (TPSA) is 98.2 Å². The Kier molecular flexibility index (Phi) is 6.58. The second-order valence-electron chi connectivity index (χ2n) is 5.86. The lowest BCUT2D eigenvalue weighted by molar-refractivity contribution is -0.140. The fourth-order valence-corrected chi connectivity index (χ4v) is 1.79. The summed E-state index contributed by atoms with van der Waals surface area (Å²) < 4.78 is 15.7. The van der Waals surface area contributed by atoms with Crippen molar-refractivity contribution >= 4 is 18.0 Å². The van der Waals surface area contributed by atoms with Crippen LogP contribution in [0.2, 0.25) is 0 Å². The van der Waals surface area contributed by atoms with Crippen molar-refractivity contribution in [3.8, 4) is 17.2 Å². The summed E-state index contributed by atoms with van der Waals surface area (Å²) >= 11 is 0. The first-order valence-electron chi connectivity index (χ1n) is 7.17. The number of carbonyl (C=O) groups excluding carboxylic acids is 2. The minimum Gasteiger partial charge on any atom is -0.493 e. The van der Waals surface area contributed by atoms with Gasteiger partial charge < -0.3 is 19.5 Å². The van der Waals surface area contributed by atoms with Gasteiger partial charge in [-0.3, -0.25) is 9.59 Å². The first kappa shape index (κ1) is 19.3. The summed E-state index contributed by atoms with van der Waals surface area (Å²) in [5.41, 5.74) is 2.26. The molecule has 0 atom stereocenters. The Morgan fingerprint density at radius 1 is 1.00 bits per heavy atom. The average Bonchev–Trinajstić information content (AvgIpc) is 2.51. The molecule has 0 spiro atoms. The van der Waals surface area contributed by atoms with E-state index in [9.17, 15) is 9.59 Å². The number of hydrogen-bond donors (Lipinski definition) is 2. The maximum absolute atomic E-state index is 11.7. The lowest BCUT2D eigenvalue weighted by Crippen LogP contribution is -2.47. The van der Waals surface area contributed by atoms with Gasteiger partial charge in [-0.05, 0) is 32.9 Å². The summed E-state index contributed by atoms with van der Waals surface area (Å²) in [5, 5.41) is 6.30. The lowest BCUT2D eigenvalue weighted by atomic mass is 10.1. The van der Waals surface area contributed by atoms with Gasteiger partial charge in [-0.15, -0.1) is 0 Å². The van der Waals surface area contributed by atoms with Crippen molar-refractivity contribution in [2.75, 3.05) is 21.3 Å². The highest BCUT2D eigenvalue weighted by Gasteiger charge is 2.19. The molecule has 132 valence electrons. The number of rotatable bonds is 5. The molecule has 0 fully saturated rings. The van der Waals surface area contributed by atoms with Gasteiger partial charge in [0, 0.05) is 11.1 Å². The maximum atomic E-state index is 11.7. The van der Waals surface area contributed by atoms with Crippen molar-refractivity contribution in [2.24, 2.45) is 5.10 Å². The van der Waals surface area contributed by atoms with Gasteiger partial charge in [0.2, 0.25) is 5.75 Å². The molecule has 0 saturated carbocycles. The van der Waals surface area contributed by atoms with Crippen molar-refractivity contribution in [2.45, 2.75) is 26.3 Å². The van der Waals surface area contributed by atoms with E-state index in [1.165, 1.54) is 27.5 Å². The zero-order valence-electron chi connectivity index (χ0n) is 14.7. The van der Waals surface area contributed by atoms with E-state index in [2.05, 4.69) is 15.8 Å². The molecule has 0 unspecified atom stereocenters. The van der Waals surface area contributed by atoms with Crippen LogP contribution in [0.4, 0.5) is 0 Å². The molecule has 1 aromatic rings. The van der Waals surface area contributed by atoms with E-state index in [0.717, 1.165) is 0 Å². The van der Waals surface area contributed by atoms with Crippen LogP contribution in [-0.4, -0.2) is 44.9 Å². The highest BCUT2D eigenvalue weighted by Crippen LogP contribution is 2.37. The third kappa shape index (κ3) is 5.45. The quantitative estimate of drug-likeness (QED) is 0.476. The number of methoxy groups -OCH3 is 3. The number of hydrogen-bond acceptors (Lipinski definition) is 6. The number of nitrogens with one attached hydrogen (secondary N) is 2. The highest BCUT2D eigenvalue weighted by atomic mass is 16.5. The Labute approximate surface area is 141 Å². The SMILES string of the molecule is COc1cc(/C=N\NC(=O)C(=O)NC(C)(C)C)cc(OC)c1OC. The van der Waals surface area contributed by atoms with Gasteiger partial charge in [-0.25, -0.2) is 5.43 Å². The molecule has 0 radical (unpaired) electrons. The molecule has 0 heterocycles. The van der Waals surface area contributed by atoms with Gasteiger partial charge >= 0.3 is 11.8 Å². The Bertz CT molecular complexity index is 610. The molecule has 2 amide bonds. The fraction of sp³-hybridized carbons (Fsp3) is 0.438. The van der Waals surface area contributed by atoms with Gasteiger partial charge in [-0.1, -0.05) is 0 Å². The Hall–Kier alpha value is -2.77. The molecule has 2 N–H and O–H groups in total. The van der Waals surface area contributed by atoms with Crippen LogP contribution in [0, 0.1) is 0 Å². The van der Waals surface area contributed by atoms with E-state index in [1.54, 1.807) is 32.9 Å². The highest BCUT2D eigenvalue weighted by molar-refractivity contribution is 6.35. The predicted octanol–water partition coefficient (Wildman–Crippen LogP) is 1.08. The van der Waals surface area contributed by atoms with Crippen molar-refractivity contribution in [3.05, 3.63) is 17.7 Å². The monoisotopic (exact) mass is 337 g/mol. The standard InChI is InChI=1S/C16H23N3O5/c1-16(2,3)18-14(20)15(21)19-17-9-10-7-11(22-4)13(24-6)12(8-10)23-5/h7-9H,1-6H3,(H,18,20)(H,19,21)/b17-9-. The molecule has 0 aliphatic rings. The van der Waals surface area contributed by atoms with Gasteiger partial charge in [-0.2, -0.15) is 5.10 Å². The summed E-state index contributed by atoms with van der Waals surface area (Å²) in [5.74, 6) is -0.255. The smallest absolute Gasteiger partial charge is 0.329 e. The summed E-state index contributed by atoms with van der Waals surface area (Å²) in [7, 11) is 4.50. The number of benzene rings is 1. The third-order valence-electron chi connectivity index (χ3n) is 2.76. The van der Waals surface area contributed by atoms with E-state index < -0.39 is 17.4 Å². The largest absolute Gasteiger partial charge is 0.493 e. The van der Waals surface area contributed by atoms with Crippen molar-refractivity contribution in [1.82, 2.24) is 10.7 Å². The number of hydrazone groups is 1. The van der Waals surface area contributed by atoms with E-state index in [4.69, 9.17) is 14.2 Å². The number of amides is 2. The molecular weight excluding hydrogens is 314 g/mol. The summed E-state index contributed by atoms with van der Waals surface area (Å²) in [6, 6.07) is 3.32. The molecule has 0 aromatic heterocycles. The van der Waals surface area contributed by atoms with Crippen molar-refractivity contribution in [1.29, 1.82) is 0 Å². The van der Waals surface area contributed by atoms with E-state index in [0.29, 0.717) is 22.8 Å². The van der Waals surface area contributed by atoms with Crippen LogP contribution in [0.25, 0.3) is 0 Å². The van der Waals surface area contributed by atoms with Crippen LogP contribution in [0.5, 0.6) is 17.2 Å². The van der Waals surface area contributed by atoms with Crippen LogP contribution >= 0.6 is 0 Å². The van der Waals surface area contributed by atoms with Gasteiger partial charge in [0.25, 0.3) is 0 Å². The summed E-state index contributed by atoms with van der Waals surface area (Å²) in [6.45, 7) is 5.33. The number of carbonyl (C=O) groups is 2. The average molecular weight is 337 g/mol. The molecule has 0 saturated heterocycles. The fourth-order valence-electron chi connectivity index (χ4n) is 1.79. The second kappa shape index (κ2) is 8.19. The van der Waals surface area contributed by atoms with Crippen molar-refractivity contribution < 1.29 is 23.8 Å². The molecule has 8 heteroatoms. The molecule has 0 aliphatic heterocycles. The van der Waals surface area contributed by atoms with Crippen LogP contribution < -0.4 is 25.0 Å². The molecule has 8 nitrogen and oxygen atoms in total. The van der Waals surface area contributed by atoms with Crippen molar-refractivity contribution in [3.63, 3.8) is 0 Å². The van der Waals surface area contributed by atoms with Crippen LogP contribution in [0.3, 0.4) is 0 Å². The van der Waals surface area contributed by atoms with Gasteiger partial charge in [0.05, 0.1) is 27.5 Å². The molecule has 0 aliphatic carbocycles. The first-order chi connectivity index (χ1) is 11.2. The molecule has 24 heavy (non-hydrogen) atoms. The first-order valence-corrected chi connectivity index (χ1v) is 7.17. The predicted molar refractivity (Wildman–Crippen MR) is 89.7 cm³/mol. The molecule has 1 rings (SSSR count). The van der Waals surface area contributed by atoms with Crippen LogP contribution in [-0.2, 0) is 9.59 Å². The lowest BCUT2D eigenvalue weighted by Gasteiger charge is -2.19.